The minimum atomic E-state index is -2.09. The van der Waals surface area contributed by atoms with Gasteiger partial charge in [-0.15, -0.1) is 0 Å². The molecule has 0 bridgehead atoms. The van der Waals surface area contributed by atoms with Gasteiger partial charge in [-0.05, 0) is 35.7 Å². The molecule has 0 amide bonds. The third kappa shape index (κ3) is 9.77. The van der Waals surface area contributed by atoms with Crippen molar-refractivity contribution >= 4 is 20.8 Å². The number of nitrogens with one attached hydrogen (secondary N) is 1. The molecule has 3 atom stereocenters. The fraction of sp³-hybridized carbons (Fsp3) is 0.136. The van der Waals surface area contributed by atoms with Gasteiger partial charge >= 0.3 is 27.0 Å². The van der Waals surface area contributed by atoms with E-state index in [4.69, 9.17) is 11.5 Å². The van der Waals surface area contributed by atoms with Gasteiger partial charge in [-0.1, -0.05) is 90.0 Å². The summed E-state index contributed by atoms with van der Waals surface area (Å²) in [5, 5.41) is 0. The molecule has 0 saturated heterocycles. The van der Waals surface area contributed by atoms with Crippen molar-refractivity contribution in [3.05, 3.63) is 115 Å². The first-order valence-electron chi connectivity index (χ1n) is 8.35. The summed E-state index contributed by atoms with van der Waals surface area (Å²) in [7, 11) is 4.57. The Kier molecular flexibility index (Phi) is 14.7. The third-order valence-electron chi connectivity index (χ3n) is 3.92. The molecule has 156 valence electrons. The Morgan fingerprint density at radius 3 is 1.72 bits per heavy atom. The predicted molar refractivity (Wildman–Crippen MR) is 118 cm³/mol. The largest absolute Gasteiger partial charge is 0.669 e. The first-order chi connectivity index (χ1) is 13.5. The zero-order valence-electron chi connectivity index (χ0n) is 16.3. The summed E-state index contributed by atoms with van der Waals surface area (Å²) >= 11 is -0.265. The van der Waals surface area contributed by atoms with Crippen LogP contribution in [0.15, 0.2) is 89.8 Å². The van der Waals surface area contributed by atoms with Gasteiger partial charge in [-0.2, -0.15) is 0 Å². The van der Waals surface area contributed by atoms with Crippen molar-refractivity contribution in [3.8, 4) is 0 Å². The van der Waals surface area contributed by atoms with E-state index >= 15 is 0 Å². The Morgan fingerprint density at radius 2 is 1.31 bits per heavy atom. The van der Waals surface area contributed by atoms with Crippen LogP contribution in [0, 0.1) is 14.4 Å². The molecular formula is C22H25ClN2O2RuS. The van der Waals surface area contributed by atoms with E-state index in [1.54, 1.807) is 24.3 Å². The average Bonchev–Trinajstić information content (AvgIpc) is 2.76. The number of hydrogen-bond acceptors (Lipinski definition) is 3. The van der Waals surface area contributed by atoms with E-state index in [-0.39, 0.29) is 13.5 Å². The van der Waals surface area contributed by atoms with Crippen LogP contribution in [-0.2, 0) is 28.4 Å². The third-order valence-corrected chi connectivity index (χ3v) is 4.57. The van der Waals surface area contributed by atoms with Gasteiger partial charge in [-0.3, -0.25) is 4.21 Å². The first-order valence-corrected chi connectivity index (χ1v) is 11.7. The van der Waals surface area contributed by atoms with Crippen molar-refractivity contribution in [2.75, 3.05) is 0 Å². The summed E-state index contributed by atoms with van der Waals surface area (Å²) in [4.78, 5) is 0.339. The van der Waals surface area contributed by atoms with E-state index in [1.807, 2.05) is 84.9 Å². The minimum absolute atomic E-state index is 0. The number of benzene rings is 3. The maximum absolute atomic E-state index is 10.3. The van der Waals surface area contributed by atoms with Crippen LogP contribution in [0.25, 0.3) is 5.73 Å². The van der Waals surface area contributed by atoms with Gasteiger partial charge in [0, 0.05) is 10.9 Å². The van der Waals surface area contributed by atoms with Crippen molar-refractivity contribution in [3.63, 3.8) is 0 Å². The number of rotatable bonds is 4. The van der Waals surface area contributed by atoms with E-state index in [1.165, 1.54) is 0 Å². The molecule has 0 aliphatic heterocycles. The second-order valence-electron chi connectivity index (χ2n) is 5.87. The minimum Gasteiger partial charge on any atom is -0.669 e. The molecule has 0 fully saturated rings. The summed E-state index contributed by atoms with van der Waals surface area (Å²) in [5.41, 5.74) is 17.2. The van der Waals surface area contributed by atoms with Crippen LogP contribution in [-0.4, -0.2) is 8.76 Å². The molecular weight excluding hydrogens is 493 g/mol. The van der Waals surface area contributed by atoms with E-state index in [0.29, 0.717) is 4.90 Å². The van der Waals surface area contributed by atoms with Crippen LogP contribution in [0.4, 0.5) is 0 Å². The van der Waals surface area contributed by atoms with Crippen LogP contribution in [0.5, 0.6) is 0 Å². The van der Waals surface area contributed by atoms with E-state index < -0.39 is 17.1 Å². The maximum atomic E-state index is 10.3. The van der Waals surface area contributed by atoms with E-state index in [0.717, 1.165) is 16.7 Å². The number of aryl methyl sites for hydroxylation is 1. The molecule has 3 aromatic rings. The number of hydrogen-bond donors (Lipinski definition) is 1. The Morgan fingerprint density at radius 1 is 0.897 bits per heavy atom. The average molecular weight is 518 g/mol. The van der Waals surface area contributed by atoms with Crippen molar-refractivity contribution in [2.24, 2.45) is 5.73 Å². The van der Waals surface area contributed by atoms with Crippen molar-refractivity contribution in [2.45, 2.75) is 23.9 Å². The molecule has 3 rings (SSSR count). The zero-order valence-corrected chi connectivity index (χ0v) is 19.6. The fourth-order valence-electron chi connectivity index (χ4n) is 2.38. The standard InChI is InChI=1S/C14H15N2.C7H8O2S.CH3.ClH.Ru/c15-13(11-7-3-1-4-8-11)14(16)12-9-5-2-6-10-12;1-6-2-4-7(5-3-6)10(8)9;;;/h1-10,13-15H,16H2;2-5H,1H3,(H,8,9);1H3;1H;/q-1;;-1;;+4/p-2/t13-,14+;;;;/m1..../s1. The number of halogens is 1. The molecule has 7 heteroatoms. The summed E-state index contributed by atoms with van der Waals surface area (Å²) < 4.78 is 20.6. The summed E-state index contributed by atoms with van der Waals surface area (Å²) in [5.74, 6) is 0. The zero-order chi connectivity index (χ0) is 20.9. The van der Waals surface area contributed by atoms with Crippen molar-refractivity contribution in [1.29, 1.82) is 0 Å². The molecule has 0 aliphatic rings. The smallest absolute Gasteiger partial charge is 0.0171 e. The molecule has 3 aromatic carbocycles. The normalized spacial score (nSPS) is 12.6. The van der Waals surface area contributed by atoms with Crippen LogP contribution in [0.3, 0.4) is 0 Å². The van der Waals surface area contributed by atoms with Gasteiger partial charge < -0.3 is 23.4 Å². The molecule has 29 heavy (non-hydrogen) atoms. The Bertz CT molecular complexity index is 778. The predicted octanol–water partition coefficient (Wildman–Crippen LogP) is 5.85. The van der Waals surface area contributed by atoms with Gasteiger partial charge in [0.1, 0.15) is 0 Å². The van der Waals surface area contributed by atoms with Crippen molar-refractivity contribution < 1.29 is 26.1 Å². The second-order valence-corrected chi connectivity index (χ2v) is 6.81. The van der Waals surface area contributed by atoms with Crippen LogP contribution < -0.4 is 5.73 Å². The van der Waals surface area contributed by atoms with Gasteiger partial charge in [-0.25, -0.2) is 0 Å². The van der Waals surface area contributed by atoms with Gasteiger partial charge in [0.2, 0.25) is 0 Å². The SMILES string of the molecule is Cc1ccc(S(=O)[O-])cc1.[CH3-].[Cl][Ru+3].[NH-][C@H](c1ccccc1)[C@@H](N)c1ccccc1. The summed E-state index contributed by atoms with van der Waals surface area (Å²) in [6, 6.07) is 25.5. The van der Waals surface area contributed by atoms with Crippen molar-refractivity contribution in [1.82, 2.24) is 0 Å². The monoisotopic (exact) mass is 518 g/mol. The molecule has 0 aromatic heterocycles. The molecule has 1 unspecified atom stereocenters. The van der Waals surface area contributed by atoms with Crippen LogP contribution >= 0.6 is 9.69 Å². The Labute approximate surface area is 190 Å². The van der Waals surface area contributed by atoms with Crippen LogP contribution in [0.2, 0.25) is 0 Å². The quantitative estimate of drug-likeness (QED) is 0.267. The molecule has 3 N–H and O–H groups in total. The van der Waals surface area contributed by atoms with Gasteiger partial charge in [0.25, 0.3) is 0 Å². The van der Waals surface area contributed by atoms with E-state index in [2.05, 4.69) is 9.69 Å². The second kappa shape index (κ2) is 15.4. The molecule has 0 radical (unpaired) electrons. The molecule has 0 aliphatic carbocycles. The molecule has 0 saturated carbocycles. The maximum Gasteiger partial charge on any atom is 0.0171 e. The molecule has 0 spiro atoms. The topological polar surface area (TPSA) is 89.9 Å². The fourth-order valence-corrected chi connectivity index (χ4v) is 2.74. The van der Waals surface area contributed by atoms with Gasteiger partial charge in [0.15, 0.2) is 0 Å². The Balaban J connectivity index is 0.000000524. The summed E-state index contributed by atoms with van der Waals surface area (Å²) in [6.07, 6.45) is 0. The summed E-state index contributed by atoms with van der Waals surface area (Å²) in [6.45, 7) is 1.91. The Hall–Kier alpha value is -1.40. The molecule has 0 heterocycles. The molecule has 4 nitrogen and oxygen atoms in total. The first kappa shape index (κ1) is 27.6. The van der Waals surface area contributed by atoms with Gasteiger partial charge in [0.05, 0.1) is 0 Å². The van der Waals surface area contributed by atoms with Crippen LogP contribution in [0.1, 0.15) is 28.8 Å². The van der Waals surface area contributed by atoms with E-state index in [9.17, 15) is 8.76 Å². The number of nitrogens with two attached hydrogens (primary N) is 1.